The van der Waals surface area contributed by atoms with Gasteiger partial charge in [-0.15, -0.1) is 0 Å². The molecular formula is C29H23N3O4S2. The van der Waals surface area contributed by atoms with Gasteiger partial charge < -0.3 is 5.32 Å². The number of rotatable bonds is 5. The molecule has 38 heavy (non-hydrogen) atoms. The molecule has 9 heteroatoms. The number of carbonyl (C=O) groups is 3. The number of thioether (sulfide) groups is 1. The van der Waals surface area contributed by atoms with E-state index in [9.17, 15) is 19.2 Å². The molecule has 0 radical (unpaired) electrons. The summed E-state index contributed by atoms with van der Waals surface area (Å²) in [6.07, 6.45) is 0. The Kier molecular flexibility index (Phi) is 6.25. The summed E-state index contributed by atoms with van der Waals surface area (Å²) in [6.45, 7) is 1.75. The molecule has 3 aromatic carbocycles. The molecule has 0 unspecified atom stereocenters. The zero-order valence-corrected chi connectivity index (χ0v) is 22.0. The Morgan fingerprint density at radius 2 is 1.61 bits per heavy atom. The third-order valence-corrected chi connectivity index (χ3v) is 9.43. The number of aromatic nitrogens is 1. The minimum atomic E-state index is -0.708. The maximum absolute atomic E-state index is 13.8. The lowest BCUT2D eigenvalue weighted by molar-refractivity contribution is -0.122. The second kappa shape index (κ2) is 9.74. The predicted molar refractivity (Wildman–Crippen MR) is 149 cm³/mol. The van der Waals surface area contributed by atoms with Gasteiger partial charge in [0.1, 0.15) is 11.8 Å². The minimum absolute atomic E-state index is 0.185. The van der Waals surface area contributed by atoms with Crippen LogP contribution in [0.5, 0.6) is 0 Å². The molecular weight excluding hydrogens is 518 g/mol. The average molecular weight is 542 g/mol. The molecule has 0 aliphatic carbocycles. The SMILES string of the molecule is Cc1cccc(NC(=O)Cn2c3c(sc2=O)[C@@H](c2ccccc2)[C@@H]2C(=O)N(c4ccccc4)C(=O)[C@@H]2S3)c1. The number of carbonyl (C=O) groups excluding carboxylic acids is 3. The van der Waals surface area contributed by atoms with Gasteiger partial charge in [0.25, 0.3) is 0 Å². The normalized spacial score (nSPS) is 20.2. The molecule has 3 amide bonds. The lowest BCUT2D eigenvalue weighted by Gasteiger charge is -2.30. The summed E-state index contributed by atoms with van der Waals surface area (Å²) in [7, 11) is 0. The highest BCUT2D eigenvalue weighted by molar-refractivity contribution is 8.00. The first-order valence-electron chi connectivity index (χ1n) is 12.2. The number of para-hydroxylation sites is 1. The number of thiazole rings is 1. The van der Waals surface area contributed by atoms with E-state index in [1.807, 2.05) is 61.5 Å². The van der Waals surface area contributed by atoms with Gasteiger partial charge in [-0.3, -0.25) is 23.7 Å². The maximum Gasteiger partial charge on any atom is 0.308 e. The van der Waals surface area contributed by atoms with Crippen LogP contribution in [0.4, 0.5) is 11.4 Å². The first-order valence-corrected chi connectivity index (χ1v) is 13.9. The average Bonchev–Trinajstić information content (AvgIpc) is 3.35. The Balaban J connectivity index is 1.40. The van der Waals surface area contributed by atoms with E-state index in [-0.39, 0.29) is 29.1 Å². The highest BCUT2D eigenvalue weighted by Crippen LogP contribution is 2.53. The monoisotopic (exact) mass is 541 g/mol. The molecule has 7 nitrogen and oxygen atoms in total. The van der Waals surface area contributed by atoms with Crippen molar-refractivity contribution >= 4 is 52.2 Å². The van der Waals surface area contributed by atoms with Crippen molar-refractivity contribution in [2.75, 3.05) is 10.2 Å². The van der Waals surface area contributed by atoms with Crippen LogP contribution in [0.15, 0.2) is 94.7 Å². The molecule has 2 aliphatic rings. The summed E-state index contributed by atoms with van der Waals surface area (Å²) in [5.41, 5.74) is 3.05. The summed E-state index contributed by atoms with van der Waals surface area (Å²) in [4.78, 5) is 55.3. The van der Waals surface area contributed by atoms with Crippen molar-refractivity contribution in [1.29, 1.82) is 0 Å². The van der Waals surface area contributed by atoms with Crippen LogP contribution in [-0.2, 0) is 20.9 Å². The third-order valence-electron chi connectivity index (χ3n) is 6.83. The molecule has 1 N–H and O–H groups in total. The van der Waals surface area contributed by atoms with Gasteiger partial charge in [0.05, 0.1) is 16.6 Å². The van der Waals surface area contributed by atoms with Gasteiger partial charge in [-0.2, -0.15) is 0 Å². The van der Waals surface area contributed by atoms with Crippen molar-refractivity contribution in [1.82, 2.24) is 4.57 Å². The Bertz CT molecular complexity index is 1610. The van der Waals surface area contributed by atoms with E-state index in [0.29, 0.717) is 21.3 Å². The van der Waals surface area contributed by atoms with Gasteiger partial charge in [-0.05, 0) is 42.3 Å². The summed E-state index contributed by atoms with van der Waals surface area (Å²) in [6, 6.07) is 25.9. The Morgan fingerprint density at radius 1 is 0.895 bits per heavy atom. The number of anilines is 2. The van der Waals surface area contributed by atoms with E-state index >= 15 is 0 Å². The number of imide groups is 1. The van der Waals surface area contributed by atoms with Crippen molar-refractivity contribution in [3.63, 3.8) is 0 Å². The van der Waals surface area contributed by atoms with Crippen molar-refractivity contribution in [2.24, 2.45) is 5.92 Å². The number of amides is 3. The van der Waals surface area contributed by atoms with Crippen LogP contribution < -0.4 is 15.1 Å². The number of nitrogens with one attached hydrogen (secondary N) is 1. The van der Waals surface area contributed by atoms with Gasteiger partial charge in [-0.1, -0.05) is 83.8 Å². The zero-order valence-electron chi connectivity index (χ0n) is 20.4. The van der Waals surface area contributed by atoms with Crippen molar-refractivity contribution < 1.29 is 14.4 Å². The van der Waals surface area contributed by atoms with E-state index < -0.39 is 17.1 Å². The van der Waals surface area contributed by atoms with Crippen molar-refractivity contribution in [2.45, 2.75) is 29.7 Å². The van der Waals surface area contributed by atoms with Crippen LogP contribution in [0.2, 0.25) is 0 Å². The van der Waals surface area contributed by atoms with Crippen LogP contribution in [0.25, 0.3) is 0 Å². The van der Waals surface area contributed by atoms with Crippen molar-refractivity contribution in [3.8, 4) is 0 Å². The Hall–Kier alpha value is -3.95. The first-order chi connectivity index (χ1) is 18.4. The fourth-order valence-electron chi connectivity index (χ4n) is 5.17. The van der Waals surface area contributed by atoms with Gasteiger partial charge >= 0.3 is 4.87 Å². The largest absolute Gasteiger partial charge is 0.325 e. The molecule has 1 saturated heterocycles. The number of aryl methyl sites for hydroxylation is 1. The molecule has 2 aliphatic heterocycles. The summed E-state index contributed by atoms with van der Waals surface area (Å²) < 4.78 is 1.44. The van der Waals surface area contributed by atoms with E-state index in [1.54, 1.807) is 30.3 Å². The van der Waals surface area contributed by atoms with Crippen LogP contribution in [0.3, 0.4) is 0 Å². The molecule has 3 atom stereocenters. The van der Waals surface area contributed by atoms with Crippen LogP contribution in [-0.4, -0.2) is 27.5 Å². The second-order valence-electron chi connectivity index (χ2n) is 9.34. The summed E-state index contributed by atoms with van der Waals surface area (Å²) >= 11 is 2.26. The number of nitrogens with zero attached hydrogens (tertiary/aromatic N) is 2. The van der Waals surface area contributed by atoms with Crippen LogP contribution in [0.1, 0.15) is 21.9 Å². The molecule has 3 heterocycles. The molecule has 6 rings (SSSR count). The molecule has 1 fully saturated rings. The van der Waals surface area contributed by atoms with E-state index in [0.717, 1.165) is 22.5 Å². The van der Waals surface area contributed by atoms with Gasteiger partial charge in [0, 0.05) is 16.5 Å². The van der Waals surface area contributed by atoms with Crippen molar-refractivity contribution in [3.05, 3.63) is 111 Å². The highest BCUT2D eigenvalue weighted by Gasteiger charge is 2.56. The Labute approximate surface area is 227 Å². The standard InChI is InChI=1S/C29H23N3O4S2/c1-17-9-8-12-19(15-17)30-21(33)16-31-28-25(38-29(31)36)22(18-10-4-2-5-11-18)23-24(37-28)27(35)32(26(23)34)20-13-6-3-7-14-20/h2-15,22-24H,16H2,1H3,(H,30,33)/t22-,23-,24+/m0/s1. The first kappa shape index (κ1) is 24.4. The number of fused-ring (bicyclic) bond motifs is 2. The van der Waals surface area contributed by atoms with Gasteiger partial charge in [0.15, 0.2) is 0 Å². The lowest BCUT2D eigenvalue weighted by Crippen LogP contribution is -2.33. The molecule has 0 saturated carbocycles. The number of benzene rings is 3. The minimum Gasteiger partial charge on any atom is -0.325 e. The quantitative estimate of drug-likeness (QED) is 0.372. The van der Waals surface area contributed by atoms with E-state index in [2.05, 4.69) is 5.32 Å². The number of hydrogen-bond acceptors (Lipinski definition) is 6. The van der Waals surface area contributed by atoms with Crippen LogP contribution >= 0.6 is 23.1 Å². The molecule has 190 valence electrons. The number of hydrogen-bond donors (Lipinski definition) is 1. The topological polar surface area (TPSA) is 88.5 Å². The van der Waals surface area contributed by atoms with Crippen LogP contribution in [0, 0.1) is 12.8 Å². The van der Waals surface area contributed by atoms with E-state index in [1.165, 1.54) is 21.2 Å². The van der Waals surface area contributed by atoms with Gasteiger partial charge in [-0.25, -0.2) is 4.90 Å². The highest BCUT2D eigenvalue weighted by atomic mass is 32.2. The fraction of sp³-hybridized carbons (Fsp3) is 0.172. The Morgan fingerprint density at radius 3 is 2.32 bits per heavy atom. The summed E-state index contributed by atoms with van der Waals surface area (Å²) in [5, 5.41) is 2.72. The molecule has 1 aromatic heterocycles. The smallest absolute Gasteiger partial charge is 0.308 e. The zero-order chi connectivity index (χ0) is 26.4. The summed E-state index contributed by atoms with van der Waals surface area (Å²) in [5.74, 6) is -2.05. The van der Waals surface area contributed by atoms with E-state index in [4.69, 9.17) is 0 Å². The molecule has 0 spiro atoms. The fourth-order valence-corrected chi connectivity index (χ4v) is 7.95. The maximum atomic E-state index is 13.8. The van der Waals surface area contributed by atoms with Gasteiger partial charge in [0.2, 0.25) is 17.7 Å². The third kappa shape index (κ3) is 4.17. The second-order valence-corrected chi connectivity index (χ2v) is 11.5. The molecule has 0 bridgehead atoms. The predicted octanol–water partition coefficient (Wildman–Crippen LogP) is 4.65. The molecule has 4 aromatic rings. The lowest BCUT2D eigenvalue weighted by atomic mass is 9.83.